The number of hydrogen-bond donors (Lipinski definition) is 0. The predicted octanol–water partition coefficient (Wildman–Crippen LogP) is 6.15. The highest BCUT2D eigenvalue weighted by molar-refractivity contribution is 7.87. The van der Waals surface area contributed by atoms with Gasteiger partial charge in [0.2, 0.25) is 0 Å². The van der Waals surface area contributed by atoms with Gasteiger partial charge in [0.25, 0.3) is 0 Å². The highest BCUT2D eigenvalue weighted by Crippen LogP contribution is 2.49. The fraction of sp³-hybridized carbons (Fsp3) is 0. The van der Waals surface area contributed by atoms with Gasteiger partial charge in [-0.05, 0) is 24.3 Å². The van der Waals surface area contributed by atoms with Crippen LogP contribution in [0.5, 0.6) is 0 Å². The van der Waals surface area contributed by atoms with Gasteiger partial charge in [-0.25, -0.2) is 0 Å². The van der Waals surface area contributed by atoms with Crippen LogP contribution in [0.3, 0.4) is 0 Å². The molecule has 0 unspecified atom stereocenters. The van der Waals surface area contributed by atoms with E-state index in [1.165, 1.54) is 15.9 Å². The van der Waals surface area contributed by atoms with Gasteiger partial charge in [0.1, 0.15) is 0 Å². The summed E-state index contributed by atoms with van der Waals surface area (Å²) in [6.45, 7) is 0. The van der Waals surface area contributed by atoms with Crippen molar-refractivity contribution in [1.82, 2.24) is 0 Å². The zero-order valence-corrected chi connectivity index (χ0v) is 16.4. The first-order valence-electron chi connectivity index (χ1n) is 8.84. The van der Waals surface area contributed by atoms with Crippen molar-refractivity contribution < 1.29 is 0 Å². The third kappa shape index (κ3) is 3.62. The molecule has 4 aromatic carbocycles. The normalized spacial score (nSPS) is 11.1. The van der Waals surface area contributed by atoms with Crippen LogP contribution < -0.4 is 15.9 Å². The Labute approximate surface area is 165 Å². The van der Waals surface area contributed by atoms with Crippen LogP contribution in [0.2, 0.25) is 5.02 Å². The molecule has 27 heavy (non-hydrogen) atoms. The molecule has 132 valence electrons. The van der Waals surface area contributed by atoms with E-state index >= 15 is 0 Å². The zero-order valence-electron chi connectivity index (χ0n) is 14.7. The molecule has 0 aliphatic heterocycles. The lowest BCUT2D eigenvalue weighted by Gasteiger charge is -2.27. The van der Waals surface area contributed by atoms with Crippen LogP contribution in [-0.4, -0.2) is 0 Å². The fourth-order valence-electron chi connectivity index (χ4n) is 3.23. The topological polar surface area (TPSA) is 12.4 Å². The first-order chi connectivity index (χ1) is 13.3. The summed E-state index contributed by atoms with van der Waals surface area (Å²) in [4.78, 5) is 0. The third-order valence-corrected chi connectivity index (χ3v) is 8.40. The average molecular weight is 388 g/mol. The van der Waals surface area contributed by atoms with Crippen molar-refractivity contribution in [3.8, 4) is 0 Å². The molecule has 0 aliphatic carbocycles. The summed E-state index contributed by atoms with van der Waals surface area (Å²) in [6, 6.07) is 39.6. The summed E-state index contributed by atoms with van der Waals surface area (Å²) < 4.78 is 5.39. The van der Waals surface area contributed by atoms with Gasteiger partial charge in [0.05, 0.1) is 12.7 Å². The number of halogens is 1. The van der Waals surface area contributed by atoms with Crippen molar-refractivity contribution >= 4 is 40.3 Å². The number of hydrogen-bond acceptors (Lipinski definition) is 1. The molecular formula is C24H19ClNP. The molecule has 0 radical (unpaired) electrons. The minimum atomic E-state index is -2.21. The Morgan fingerprint density at radius 1 is 0.481 bits per heavy atom. The second-order valence-electron chi connectivity index (χ2n) is 6.22. The van der Waals surface area contributed by atoms with Gasteiger partial charge in [0, 0.05) is 20.9 Å². The standard InChI is InChI=1S/C24H19ClNP/c25-20-16-18-21(19-17-20)26-27(22-10-4-1-5-11-22,23-12-6-2-7-13-23)24-14-8-3-9-15-24/h1-19H. The minimum absolute atomic E-state index is 0.719. The molecule has 0 spiro atoms. The molecule has 0 aromatic heterocycles. The molecule has 4 rings (SSSR count). The molecular weight excluding hydrogens is 369 g/mol. The van der Waals surface area contributed by atoms with Crippen molar-refractivity contribution in [3.05, 3.63) is 120 Å². The summed E-state index contributed by atoms with van der Waals surface area (Å²) in [7, 11) is -2.21. The molecule has 0 bridgehead atoms. The Kier molecular flexibility index (Phi) is 5.25. The van der Waals surface area contributed by atoms with E-state index in [4.69, 9.17) is 16.3 Å². The predicted molar refractivity (Wildman–Crippen MR) is 119 cm³/mol. The minimum Gasteiger partial charge on any atom is -0.254 e. The van der Waals surface area contributed by atoms with Crippen LogP contribution in [0.15, 0.2) is 120 Å². The lowest BCUT2D eigenvalue weighted by molar-refractivity contribution is 1.55. The maximum Gasteiger partial charge on any atom is 0.0626 e. The van der Waals surface area contributed by atoms with E-state index in [1.54, 1.807) is 0 Å². The van der Waals surface area contributed by atoms with E-state index in [2.05, 4.69) is 91.0 Å². The molecule has 3 heteroatoms. The van der Waals surface area contributed by atoms with Gasteiger partial charge in [-0.2, -0.15) is 0 Å². The number of rotatable bonds is 4. The Morgan fingerprint density at radius 3 is 1.22 bits per heavy atom. The lowest BCUT2D eigenvalue weighted by Crippen LogP contribution is -2.25. The van der Waals surface area contributed by atoms with Crippen molar-refractivity contribution in [2.45, 2.75) is 0 Å². The van der Waals surface area contributed by atoms with Gasteiger partial charge in [-0.3, -0.25) is 4.74 Å². The Bertz CT molecular complexity index is 956. The highest BCUT2D eigenvalue weighted by Gasteiger charge is 2.27. The molecule has 0 aliphatic rings. The lowest BCUT2D eigenvalue weighted by atomic mass is 10.3. The molecule has 0 atom stereocenters. The smallest absolute Gasteiger partial charge is 0.0626 e. The molecule has 1 nitrogen and oxygen atoms in total. The maximum atomic E-state index is 6.10. The van der Waals surface area contributed by atoms with Crippen LogP contribution in [0, 0.1) is 0 Å². The molecule has 4 aromatic rings. The second-order valence-corrected chi connectivity index (χ2v) is 9.67. The van der Waals surface area contributed by atoms with Crippen LogP contribution in [-0.2, 0) is 0 Å². The van der Waals surface area contributed by atoms with Crippen molar-refractivity contribution in [3.63, 3.8) is 0 Å². The third-order valence-electron chi connectivity index (χ3n) is 4.48. The summed E-state index contributed by atoms with van der Waals surface area (Å²) in [5, 5.41) is 4.42. The Morgan fingerprint density at radius 2 is 0.852 bits per heavy atom. The summed E-state index contributed by atoms with van der Waals surface area (Å²) in [6.07, 6.45) is 0. The van der Waals surface area contributed by atoms with E-state index in [0.717, 1.165) is 10.7 Å². The molecule has 0 saturated heterocycles. The zero-order chi connectivity index (χ0) is 18.5. The second kappa shape index (κ2) is 7.96. The van der Waals surface area contributed by atoms with Gasteiger partial charge in [-0.1, -0.05) is 103 Å². The van der Waals surface area contributed by atoms with Gasteiger partial charge in [0.15, 0.2) is 0 Å². The van der Waals surface area contributed by atoms with E-state index in [1.807, 2.05) is 24.3 Å². The van der Waals surface area contributed by atoms with Crippen LogP contribution in [0.25, 0.3) is 0 Å². The van der Waals surface area contributed by atoms with E-state index in [-0.39, 0.29) is 0 Å². The molecule has 0 amide bonds. The Hall–Kier alpha value is -2.60. The van der Waals surface area contributed by atoms with Crippen molar-refractivity contribution in [2.75, 3.05) is 0 Å². The fourth-order valence-corrected chi connectivity index (χ4v) is 6.89. The number of benzene rings is 4. The summed E-state index contributed by atoms with van der Waals surface area (Å²) >= 11 is 6.10. The Balaban J connectivity index is 2.11. The monoisotopic (exact) mass is 387 g/mol. The van der Waals surface area contributed by atoms with E-state index in [0.29, 0.717) is 0 Å². The van der Waals surface area contributed by atoms with Crippen molar-refractivity contribution in [2.24, 2.45) is 4.74 Å². The highest BCUT2D eigenvalue weighted by atomic mass is 35.5. The van der Waals surface area contributed by atoms with Crippen LogP contribution in [0.4, 0.5) is 5.69 Å². The molecule has 0 heterocycles. The first kappa shape index (κ1) is 17.8. The maximum absolute atomic E-state index is 6.10. The van der Waals surface area contributed by atoms with Gasteiger partial charge >= 0.3 is 0 Å². The van der Waals surface area contributed by atoms with E-state index < -0.39 is 7.05 Å². The molecule has 0 saturated carbocycles. The van der Waals surface area contributed by atoms with Crippen LogP contribution in [0.1, 0.15) is 0 Å². The average Bonchev–Trinajstić information content (AvgIpc) is 2.75. The number of nitrogens with zero attached hydrogens (tertiary/aromatic N) is 1. The van der Waals surface area contributed by atoms with E-state index in [9.17, 15) is 0 Å². The largest absolute Gasteiger partial charge is 0.254 e. The summed E-state index contributed by atoms with van der Waals surface area (Å²) in [5.41, 5.74) is 0.935. The SMILES string of the molecule is Clc1ccc(N=P(c2ccccc2)(c2ccccc2)c2ccccc2)cc1. The molecule has 0 N–H and O–H groups in total. The quantitative estimate of drug-likeness (QED) is 0.372. The van der Waals surface area contributed by atoms with Gasteiger partial charge in [-0.15, -0.1) is 0 Å². The van der Waals surface area contributed by atoms with Crippen molar-refractivity contribution in [1.29, 1.82) is 0 Å². The van der Waals surface area contributed by atoms with Gasteiger partial charge < -0.3 is 0 Å². The molecule has 0 fully saturated rings. The first-order valence-corrected chi connectivity index (χ1v) is 11.0. The summed E-state index contributed by atoms with van der Waals surface area (Å²) in [5.74, 6) is 0. The van der Waals surface area contributed by atoms with Crippen LogP contribution >= 0.6 is 18.7 Å².